The van der Waals surface area contributed by atoms with Crippen molar-refractivity contribution in [3.05, 3.63) is 60.2 Å². The van der Waals surface area contributed by atoms with Crippen LogP contribution in [0.1, 0.15) is 67.9 Å². The van der Waals surface area contributed by atoms with Crippen molar-refractivity contribution >= 4 is 35.3 Å². The fraction of sp³-hybridized carbons (Fsp3) is 0.484. The van der Waals surface area contributed by atoms with Crippen molar-refractivity contribution in [2.24, 2.45) is 5.92 Å². The third kappa shape index (κ3) is 13.6. The van der Waals surface area contributed by atoms with E-state index in [4.69, 9.17) is 4.74 Å². The Morgan fingerprint density at radius 3 is 2.30 bits per heavy atom. The number of Topliss-reactive ketones (excluding diaryl/α,β-unsaturated/α-hetero) is 2. The van der Waals surface area contributed by atoms with E-state index in [-0.39, 0.29) is 36.6 Å². The Balaban J connectivity index is 2.06. The molecule has 4 N–H and O–H groups in total. The second kappa shape index (κ2) is 19.6. The first kappa shape index (κ1) is 35.7. The van der Waals surface area contributed by atoms with Crippen LogP contribution in [0.15, 0.2) is 48.9 Å². The summed E-state index contributed by atoms with van der Waals surface area (Å²) in [7, 11) is 1.51. The maximum absolute atomic E-state index is 13.3. The summed E-state index contributed by atoms with van der Waals surface area (Å²) in [5.74, 6) is -4.83. The first-order valence-corrected chi connectivity index (χ1v) is 14.5. The van der Waals surface area contributed by atoms with Crippen LogP contribution in [0.2, 0.25) is 0 Å². The summed E-state index contributed by atoms with van der Waals surface area (Å²) in [4.78, 5) is 83.0. The van der Waals surface area contributed by atoms with Gasteiger partial charge in [0.05, 0.1) is 30.6 Å². The highest BCUT2D eigenvalue weighted by Crippen LogP contribution is 2.16. The summed E-state index contributed by atoms with van der Waals surface area (Å²) in [5, 5.41) is 17.5. The summed E-state index contributed by atoms with van der Waals surface area (Å²) in [6.45, 7) is 1.92. The normalized spacial score (nSPS) is 12.8. The van der Waals surface area contributed by atoms with E-state index in [2.05, 4.69) is 25.9 Å². The van der Waals surface area contributed by atoms with Gasteiger partial charge in [-0.05, 0) is 37.7 Å². The van der Waals surface area contributed by atoms with E-state index in [1.807, 2.05) is 6.07 Å². The van der Waals surface area contributed by atoms with E-state index < -0.39 is 54.4 Å². The minimum absolute atomic E-state index is 0.131. The third-order valence-corrected chi connectivity index (χ3v) is 6.77. The van der Waals surface area contributed by atoms with Gasteiger partial charge in [-0.25, -0.2) is 4.98 Å². The number of aromatic nitrogens is 2. The first-order chi connectivity index (χ1) is 21.1. The average Bonchev–Trinajstić information content (AvgIpc) is 3.00. The lowest BCUT2D eigenvalue weighted by atomic mass is 9.91. The van der Waals surface area contributed by atoms with Crippen LogP contribution in [0.3, 0.4) is 0 Å². The third-order valence-electron chi connectivity index (χ3n) is 6.77. The zero-order valence-corrected chi connectivity index (χ0v) is 25.1. The number of amides is 3. The topological polar surface area (TPSA) is 194 Å². The van der Waals surface area contributed by atoms with Gasteiger partial charge in [-0.1, -0.05) is 30.3 Å². The zero-order valence-electron chi connectivity index (χ0n) is 25.1. The standard InChI is InChI=1S/C31H41N5O8/c1-21(37)35-25(17-22-9-4-3-5-10-22)28(39)18-23(19-29(40)41)30(42)36-24(27(38)12-8-16-44-2)11-6-7-13-34-31(43)26-20-32-14-15-33-26/h3-5,9-10,14-15,20,23-25H,6-8,11-13,16-19H2,1-2H3,(H,34,43)(H,35,37)(H,36,42)(H,40,41)/t23-,24-,25+/m0/s1. The van der Waals surface area contributed by atoms with Crippen LogP contribution in [-0.2, 0) is 35.1 Å². The molecule has 0 fully saturated rings. The highest BCUT2D eigenvalue weighted by molar-refractivity contribution is 5.95. The SMILES string of the molecule is COCCCC(=O)[C@H](CCCCNC(=O)c1cnccn1)NC(=O)[C@H](CC(=O)O)CC(=O)[C@@H](Cc1ccccc1)NC(C)=O. The molecule has 1 aromatic heterocycles. The van der Waals surface area contributed by atoms with E-state index in [1.54, 1.807) is 24.3 Å². The monoisotopic (exact) mass is 611 g/mol. The lowest BCUT2D eigenvalue weighted by Crippen LogP contribution is -2.47. The highest BCUT2D eigenvalue weighted by atomic mass is 16.5. The predicted octanol–water partition coefficient (Wildman–Crippen LogP) is 1.65. The molecule has 3 atom stereocenters. The number of rotatable bonds is 21. The van der Waals surface area contributed by atoms with Crippen LogP contribution in [-0.4, -0.2) is 82.7 Å². The van der Waals surface area contributed by atoms with Gasteiger partial charge in [0.1, 0.15) is 5.69 Å². The smallest absolute Gasteiger partial charge is 0.304 e. The number of hydrogen-bond donors (Lipinski definition) is 4. The molecular formula is C31H41N5O8. The van der Waals surface area contributed by atoms with Crippen LogP contribution >= 0.6 is 0 Å². The van der Waals surface area contributed by atoms with E-state index in [9.17, 15) is 33.9 Å². The van der Waals surface area contributed by atoms with Crippen LogP contribution in [0.5, 0.6) is 0 Å². The molecule has 1 aromatic carbocycles. The second-order valence-electron chi connectivity index (χ2n) is 10.4. The van der Waals surface area contributed by atoms with Gasteiger partial charge in [-0.15, -0.1) is 0 Å². The van der Waals surface area contributed by atoms with E-state index in [0.717, 1.165) is 5.56 Å². The number of methoxy groups -OCH3 is 1. The molecule has 0 saturated carbocycles. The number of carboxylic acid groups (broad SMARTS) is 1. The van der Waals surface area contributed by atoms with Gasteiger partial charge in [0, 0.05) is 52.4 Å². The number of nitrogens with zero attached hydrogens (tertiary/aromatic N) is 2. The summed E-state index contributed by atoms with van der Waals surface area (Å²) in [6, 6.07) is 7.12. The van der Waals surface area contributed by atoms with Crippen LogP contribution in [0, 0.1) is 5.92 Å². The Morgan fingerprint density at radius 1 is 0.909 bits per heavy atom. The molecule has 0 aliphatic rings. The maximum Gasteiger partial charge on any atom is 0.304 e. The number of carboxylic acids is 1. The maximum atomic E-state index is 13.3. The number of ether oxygens (including phenoxy) is 1. The number of nitrogens with one attached hydrogen (secondary N) is 3. The Kier molecular flexibility index (Phi) is 15.9. The molecule has 0 radical (unpaired) electrons. The summed E-state index contributed by atoms with van der Waals surface area (Å²) >= 11 is 0. The number of unbranched alkanes of at least 4 members (excludes halogenated alkanes) is 1. The Hall–Kier alpha value is -4.52. The molecule has 0 spiro atoms. The Bertz CT molecular complexity index is 1240. The molecule has 0 saturated heterocycles. The van der Waals surface area contributed by atoms with Crippen molar-refractivity contribution < 1.29 is 38.6 Å². The second-order valence-corrected chi connectivity index (χ2v) is 10.4. The van der Waals surface area contributed by atoms with E-state index in [0.29, 0.717) is 32.4 Å². The van der Waals surface area contributed by atoms with Gasteiger partial charge in [0.25, 0.3) is 5.91 Å². The van der Waals surface area contributed by atoms with Gasteiger partial charge < -0.3 is 25.8 Å². The van der Waals surface area contributed by atoms with Gasteiger partial charge in [0.2, 0.25) is 11.8 Å². The van der Waals surface area contributed by atoms with Gasteiger partial charge in [-0.3, -0.25) is 33.8 Å². The molecule has 238 valence electrons. The molecule has 0 aliphatic carbocycles. The number of carbonyl (C=O) groups is 6. The number of aliphatic carboxylic acids is 1. The molecule has 13 heteroatoms. The van der Waals surface area contributed by atoms with Crippen molar-refractivity contribution in [2.45, 2.75) is 70.4 Å². The van der Waals surface area contributed by atoms with Crippen molar-refractivity contribution in [1.29, 1.82) is 0 Å². The summed E-state index contributed by atoms with van der Waals surface area (Å²) in [6.07, 6.45) is 5.09. The summed E-state index contributed by atoms with van der Waals surface area (Å²) in [5.41, 5.74) is 0.961. The van der Waals surface area contributed by atoms with E-state index >= 15 is 0 Å². The number of ketones is 2. The minimum Gasteiger partial charge on any atom is -0.481 e. The molecule has 44 heavy (non-hydrogen) atoms. The average molecular weight is 612 g/mol. The van der Waals surface area contributed by atoms with E-state index in [1.165, 1.54) is 32.6 Å². The minimum atomic E-state index is -1.28. The molecule has 2 rings (SSSR count). The summed E-state index contributed by atoms with van der Waals surface area (Å²) < 4.78 is 5.02. The molecule has 1 heterocycles. The van der Waals surface area contributed by atoms with Gasteiger partial charge >= 0.3 is 5.97 Å². The van der Waals surface area contributed by atoms with Crippen molar-refractivity contribution in [3.8, 4) is 0 Å². The molecule has 0 unspecified atom stereocenters. The lowest BCUT2D eigenvalue weighted by molar-refractivity contribution is -0.142. The van der Waals surface area contributed by atoms with Crippen LogP contribution in [0.4, 0.5) is 0 Å². The molecule has 0 bridgehead atoms. The van der Waals surface area contributed by atoms with Crippen molar-refractivity contribution in [1.82, 2.24) is 25.9 Å². The lowest BCUT2D eigenvalue weighted by Gasteiger charge is -2.23. The van der Waals surface area contributed by atoms with Gasteiger partial charge in [-0.2, -0.15) is 0 Å². The van der Waals surface area contributed by atoms with Crippen molar-refractivity contribution in [2.75, 3.05) is 20.3 Å². The Morgan fingerprint density at radius 2 is 1.66 bits per heavy atom. The number of carbonyl (C=O) groups excluding carboxylic acids is 5. The quantitative estimate of drug-likeness (QED) is 0.151. The zero-order chi connectivity index (χ0) is 32.3. The number of hydrogen-bond acceptors (Lipinski definition) is 9. The molecule has 3 amide bonds. The number of benzene rings is 1. The molecule has 13 nitrogen and oxygen atoms in total. The van der Waals surface area contributed by atoms with Crippen LogP contribution in [0.25, 0.3) is 0 Å². The highest BCUT2D eigenvalue weighted by Gasteiger charge is 2.31. The molecule has 0 aliphatic heterocycles. The predicted molar refractivity (Wildman–Crippen MR) is 159 cm³/mol. The van der Waals surface area contributed by atoms with Crippen molar-refractivity contribution in [3.63, 3.8) is 0 Å². The van der Waals surface area contributed by atoms with Crippen LogP contribution < -0.4 is 16.0 Å². The fourth-order valence-corrected chi connectivity index (χ4v) is 4.54. The molecular weight excluding hydrogens is 570 g/mol. The Labute approximate surface area is 256 Å². The van der Waals surface area contributed by atoms with Gasteiger partial charge in [0.15, 0.2) is 11.6 Å². The largest absolute Gasteiger partial charge is 0.481 e. The molecule has 2 aromatic rings. The fourth-order valence-electron chi connectivity index (χ4n) is 4.54. The first-order valence-electron chi connectivity index (χ1n) is 14.5.